The van der Waals surface area contributed by atoms with Crippen LogP contribution in [0.3, 0.4) is 0 Å². The van der Waals surface area contributed by atoms with Crippen LogP contribution in [0.25, 0.3) is 0 Å². The summed E-state index contributed by atoms with van der Waals surface area (Å²) in [7, 11) is -4.55. The molecule has 0 saturated heterocycles. The van der Waals surface area contributed by atoms with Crippen molar-refractivity contribution in [3.63, 3.8) is 0 Å². The third kappa shape index (κ3) is 6.80. The highest BCUT2D eigenvalue weighted by atomic mass is 79.9. The van der Waals surface area contributed by atoms with E-state index < -0.39 is 26.8 Å². The Labute approximate surface area is 219 Å². The van der Waals surface area contributed by atoms with Crippen LogP contribution in [0.1, 0.15) is 27.2 Å². The Morgan fingerprint density at radius 3 is 2.32 bits per heavy atom. The van der Waals surface area contributed by atoms with E-state index in [2.05, 4.69) is 15.9 Å². The fourth-order valence-corrected chi connectivity index (χ4v) is 4.72. The van der Waals surface area contributed by atoms with Crippen LogP contribution in [0.2, 0.25) is 0 Å². The van der Waals surface area contributed by atoms with Crippen LogP contribution < -0.4 is 4.18 Å². The molecule has 0 saturated carbocycles. The minimum absolute atomic E-state index is 0.0798. The van der Waals surface area contributed by atoms with Gasteiger partial charge in [0.05, 0.1) is 18.4 Å². The summed E-state index contributed by atoms with van der Waals surface area (Å²) in [6.45, 7) is 0.228. The maximum atomic E-state index is 13.2. The molecule has 0 spiro atoms. The minimum Gasteiger partial charge on any atom is -0.467 e. The van der Waals surface area contributed by atoms with Crippen molar-refractivity contribution in [3.8, 4) is 5.75 Å². The van der Waals surface area contributed by atoms with Crippen molar-refractivity contribution in [3.05, 3.63) is 118 Å². The van der Waals surface area contributed by atoms with Gasteiger partial charge in [-0.05, 0) is 72.3 Å². The van der Waals surface area contributed by atoms with Gasteiger partial charge in [0.15, 0.2) is 0 Å². The van der Waals surface area contributed by atoms with Crippen molar-refractivity contribution in [2.24, 2.45) is 0 Å². The van der Waals surface area contributed by atoms with Crippen LogP contribution in [0.4, 0.5) is 13.2 Å². The maximum absolute atomic E-state index is 13.2. The summed E-state index contributed by atoms with van der Waals surface area (Å²) in [5.41, 5.74) is -0.131. The molecular formula is C26H19BrF3NO5S. The predicted octanol–water partition coefficient (Wildman–Crippen LogP) is 6.67. The number of amides is 1. The first kappa shape index (κ1) is 26.5. The van der Waals surface area contributed by atoms with Crippen molar-refractivity contribution >= 4 is 32.0 Å². The van der Waals surface area contributed by atoms with Crippen molar-refractivity contribution in [2.45, 2.75) is 24.2 Å². The molecule has 1 aromatic heterocycles. The highest BCUT2D eigenvalue weighted by Gasteiger charge is 2.32. The lowest BCUT2D eigenvalue weighted by Crippen LogP contribution is -2.30. The summed E-state index contributed by atoms with van der Waals surface area (Å²) in [6.07, 6.45) is -3.21. The molecule has 0 fully saturated rings. The summed E-state index contributed by atoms with van der Waals surface area (Å²) in [5, 5.41) is 0. The topological polar surface area (TPSA) is 76.8 Å². The maximum Gasteiger partial charge on any atom is 0.416 e. The Kier molecular flexibility index (Phi) is 7.74. The van der Waals surface area contributed by atoms with E-state index in [-0.39, 0.29) is 24.7 Å². The SMILES string of the molecule is O=C(c1ccc(Br)cc1)N(Cc1cccc(OS(=O)(=O)c2cccc(C(F)(F)F)c2)c1)Cc1ccco1. The fourth-order valence-electron chi connectivity index (χ4n) is 3.48. The molecule has 4 aromatic rings. The molecule has 192 valence electrons. The zero-order valence-electron chi connectivity index (χ0n) is 19.0. The van der Waals surface area contributed by atoms with Crippen LogP contribution in [0, 0.1) is 0 Å². The van der Waals surface area contributed by atoms with Gasteiger partial charge in [0.25, 0.3) is 5.91 Å². The first-order valence-electron chi connectivity index (χ1n) is 10.8. The number of halogens is 4. The molecule has 0 bridgehead atoms. The van der Waals surface area contributed by atoms with Crippen molar-refractivity contribution < 1.29 is 35.0 Å². The lowest BCUT2D eigenvalue weighted by atomic mass is 10.1. The van der Waals surface area contributed by atoms with Gasteiger partial charge in [-0.2, -0.15) is 21.6 Å². The fraction of sp³-hybridized carbons (Fsp3) is 0.115. The Balaban J connectivity index is 1.57. The molecule has 1 amide bonds. The van der Waals surface area contributed by atoms with Crippen LogP contribution in [-0.4, -0.2) is 19.2 Å². The molecule has 3 aromatic carbocycles. The Morgan fingerprint density at radius 2 is 1.65 bits per heavy atom. The second kappa shape index (κ2) is 10.8. The number of carbonyl (C=O) groups is 1. The quantitative estimate of drug-likeness (QED) is 0.213. The predicted molar refractivity (Wildman–Crippen MR) is 132 cm³/mol. The molecule has 37 heavy (non-hydrogen) atoms. The number of benzene rings is 3. The van der Waals surface area contributed by atoms with E-state index >= 15 is 0 Å². The van der Waals surface area contributed by atoms with Crippen LogP contribution in [0.5, 0.6) is 5.75 Å². The van der Waals surface area contributed by atoms with E-state index in [1.165, 1.54) is 29.4 Å². The summed E-state index contributed by atoms with van der Waals surface area (Å²) in [6, 6.07) is 19.5. The minimum atomic E-state index is -4.70. The highest BCUT2D eigenvalue weighted by Crippen LogP contribution is 2.31. The second-order valence-electron chi connectivity index (χ2n) is 7.96. The molecule has 0 unspecified atom stereocenters. The van der Waals surface area contributed by atoms with Crippen molar-refractivity contribution in [2.75, 3.05) is 0 Å². The summed E-state index contributed by atoms with van der Waals surface area (Å²) in [4.78, 5) is 14.1. The van der Waals surface area contributed by atoms with E-state index in [0.29, 0.717) is 23.0 Å². The van der Waals surface area contributed by atoms with E-state index in [1.807, 2.05) is 0 Å². The average molecular weight is 594 g/mol. The zero-order chi connectivity index (χ0) is 26.6. The summed E-state index contributed by atoms with van der Waals surface area (Å²) >= 11 is 3.34. The number of carbonyl (C=O) groups excluding carboxylic acids is 1. The molecule has 6 nitrogen and oxygen atoms in total. The van der Waals surface area contributed by atoms with Crippen molar-refractivity contribution in [1.82, 2.24) is 4.90 Å². The standard InChI is InChI=1S/C26H19BrF3NO5S/c27-21-11-9-19(10-12-21)25(32)31(17-23-7-3-13-35-23)16-18-4-1-6-22(14-18)36-37(33,34)24-8-2-5-20(15-24)26(28,29)30/h1-15H,16-17H2. The average Bonchev–Trinajstić information content (AvgIpc) is 3.36. The Morgan fingerprint density at radius 1 is 0.919 bits per heavy atom. The molecule has 0 aliphatic carbocycles. The van der Waals surface area contributed by atoms with Gasteiger partial charge in [0.1, 0.15) is 16.4 Å². The normalized spacial score (nSPS) is 11.8. The first-order chi connectivity index (χ1) is 17.5. The van der Waals surface area contributed by atoms with Gasteiger partial charge in [-0.15, -0.1) is 0 Å². The Bertz CT molecular complexity index is 1490. The molecule has 0 aliphatic heterocycles. The summed E-state index contributed by atoms with van der Waals surface area (Å²) < 4.78 is 75.7. The van der Waals surface area contributed by atoms with Gasteiger partial charge in [0, 0.05) is 16.6 Å². The summed E-state index contributed by atoms with van der Waals surface area (Å²) in [5.74, 6) is 0.153. The van der Waals surface area contributed by atoms with Crippen molar-refractivity contribution in [1.29, 1.82) is 0 Å². The van der Waals surface area contributed by atoms with Crippen LogP contribution >= 0.6 is 15.9 Å². The number of rotatable bonds is 8. The molecule has 11 heteroatoms. The number of hydrogen-bond donors (Lipinski definition) is 0. The van der Waals surface area contributed by atoms with Crippen LogP contribution in [-0.2, 0) is 29.4 Å². The van der Waals surface area contributed by atoms with Gasteiger partial charge in [-0.1, -0.05) is 34.1 Å². The van der Waals surface area contributed by atoms with Gasteiger partial charge in [-0.3, -0.25) is 4.79 Å². The second-order valence-corrected chi connectivity index (χ2v) is 10.4. The molecule has 0 atom stereocenters. The number of alkyl halides is 3. The van der Waals surface area contributed by atoms with Gasteiger partial charge >= 0.3 is 16.3 Å². The van der Waals surface area contributed by atoms with Gasteiger partial charge in [0.2, 0.25) is 0 Å². The largest absolute Gasteiger partial charge is 0.467 e. The highest BCUT2D eigenvalue weighted by molar-refractivity contribution is 9.10. The van der Waals surface area contributed by atoms with E-state index in [0.717, 1.165) is 22.7 Å². The molecular weight excluding hydrogens is 575 g/mol. The van der Waals surface area contributed by atoms with E-state index in [4.69, 9.17) is 8.60 Å². The molecule has 0 aliphatic rings. The third-order valence-electron chi connectivity index (χ3n) is 5.23. The molecule has 1 heterocycles. The van der Waals surface area contributed by atoms with Crippen LogP contribution in [0.15, 0.2) is 105 Å². The molecule has 0 N–H and O–H groups in total. The Hall–Kier alpha value is -3.57. The smallest absolute Gasteiger partial charge is 0.416 e. The lowest BCUT2D eigenvalue weighted by Gasteiger charge is -2.22. The monoisotopic (exact) mass is 593 g/mol. The number of hydrogen-bond acceptors (Lipinski definition) is 5. The van der Waals surface area contributed by atoms with E-state index in [1.54, 1.807) is 42.5 Å². The lowest BCUT2D eigenvalue weighted by molar-refractivity contribution is -0.137. The van der Waals surface area contributed by atoms with Gasteiger partial charge < -0.3 is 13.5 Å². The first-order valence-corrected chi connectivity index (χ1v) is 13.0. The number of furan rings is 1. The molecule has 0 radical (unpaired) electrons. The zero-order valence-corrected chi connectivity index (χ0v) is 21.4. The van der Waals surface area contributed by atoms with Gasteiger partial charge in [-0.25, -0.2) is 0 Å². The van der Waals surface area contributed by atoms with E-state index in [9.17, 15) is 26.4 Å². The third-order valence-corrected chi connectivity index (χ3v) is 7.00. The number of nitrogens with zero attached hydrogens (tertiary/aromatic N) is 1. The molecule has 4 rings (SSSR count).